The van der Waals surface area contributed by atoms with Crippen molar-refractivity contribution in [1.29, 1.82) is 0 Å². The zero-order valence-electron chi connectivity index (χ0n) is 14.9. The number of nitrogens with two attached hydrogens (primary N) is 1. The summed E-state index contributed by atoms with van der Waals surface area (Å²) in [7, 11) is -17.0. The van der Waals surface area contributed by atoms with E-state index in [0.29, 0.717) is 4.57 Å². The van der Waals surface area contributed by atoms with Gasteiger partial charge in [-0.1, -0.05) is 15.9 Å². The summed E-state index contributed by atoms with van der Waals surface area (Å²) in [5.41, 5.74) is 2.18. The van der Waals surface area contributed by atoms with Gasteiger partial charge in [0, 0.05) is 11.5 Å². The Morgan fingerprint density at radius 1 is 1.26 bits per heavy atom. The fourth-order valence-corrected chi connectivity index (χ4v) is 6.12. The second-order valence-corrected chi connectivity index (χ2v) is 11.0. The Labute approximate surface area is 180 Å². The minimum absolute atomic E-state index is 0.172. The molecule has 1 aromatic rings. The number of nitrogen functional groups attached to an aromatic ring is 1. The molecule has 0 aliphatic carbocycles. The Morgan fingerprint density at radius 2 is 1.87 bits per heavy atom. The summed E-state index contributed by atoms with van der Waals surface area (Å²) in [6.45, 7) is -1.16. The summed E-state index contributed by atoms with van der Waals surface area (Å²) >= 11 is 2.90. The maximum atomic E-state index is 14.7. The van der Waals surface area contributed by atoms with Crippen LogP contribution in [0.5, 0.6) is 0 Å². The highest BCUT2D eigenvalue weighted by molar-refractivity contribution is 9.09. The molecule has 31 heavy (non-hydrogen) atoms. The van der Waals surface area contributed by atoms with Gasteiger partial charge in [0.2, 0.25) is 0 Å². The van der Waals surface area contributed by atoms with Gasteiger partial charge in [-0.25, -0.2) is 22.9 Å². The number of aliphatic hydroxyl groups is 1. The van der Waals surface area contributed by atoms with Gasteiger partial charge >= 0.3 is 29.2 Å². The van der Waals surface area contributed by atoms with Crippen LogP contribution in [0.3, 0.4) is 0 Å². The fourth-order valence-electron chi connectivity index (χ4n) is 2.41. The predicted octanol–water partition coefficient (Wildman–Crippen LogP) is -0.470. The summed E-state index contributed by atoms with van der Waals surface area (Å²) in [6, 6.07) is 1.14. The van der Waals surface area contributed by atoms with Crippen molar-refractivity contribution in [3.8, 4) is 0 Å². The SMILES string of the molecule is Nc1ccn(C2O[C@](CBr)(COP(=O)(O)OP(=O)(O)OP(=O)(O)O)[C@@H](O)[C@@H]2F)c(=O)n1. The molecule has 16 nitrogen and oxygen atoms in total. The van der Waals surface area contributed by atoms with Crippen LogP contribution in [0.15, 0.2) is 17.1 Å². The van der Waals surface area contributed by atoms with E-state index in [9.17, 15) is 32.9 Å². The third-order valence-corrected chi connectivity index (χ3v) is 8.44. The lowest BCUT2D eigenvalue weighted by molar-refractivity contribution is -0.111. The molecule has 1 aliphatic heterocycles. The molecule has 3 unspecified atom stereocenters. The molecule has 178 valence electrons. The molecular formula is C10H16BrFN3O13P3. The van der Waals surface area contributed by atoms with Crippen molar-refractivity contribution in [3.63, 3.8) is 0 Å². The van der Waals surface area contributed by atoms with Gasteiger partial charge in [0.05, 0.1) is 6.61 Å². The number of phosphoric acid groups is 3. The minimum atomic E-state index is -5.78. The van der Waals surface area contributed by atoms with Gasteiger partial charge in [-0.05, 0) is 6.07 Å². The van der Waals surface area contributed by atoms with E-state index in [4.69, 9.17) is 25.2 Å². The van der Waals surface area contributed by atoms with Crippen LogP contribution in [0.4, 0.5) is 10.2 Å². The molecule has 2 rings (SSSR count). The summed E-state index contributed by atoms with van der Waals surface area (Å²) in [5, 5.41) is 9.81. The third-order valence-electron chi connectivity index (χ3n) is 3.71. The van der Waals surface area contributed by atoms with Crippen molar-refractivity contribution in [2.75, 3.05) is 17.7 Å². The molecule has 2 heterocycles. The molecule has 7 N–H and O–H groups in total. The number of aliphatic hydroxyl groups excluding tert-OH is 1. The third kappa shape index (κ3) is 6.71. The maximum absolute atomic E-state index is 14.7. The second-order valence-electron chi connectivity index (χ2n) is 6.00. The molecule has 0 radical (unpaired) electrons. The van der Waals surface area contributed by atoms with Gasteiger partial charge in [-0.3, -0.25) is 9.09 Å². The molecule has 1 saturated heterocycles. The summed E-state index contributed by atoms with van der Waals surface area (Å²) in [4.78, 5) is 51.0. The van der Waals surface area contributed by atoms with Crippen LogP contribution < -0.4 is 11.4 Å². The standard InChI is InChI=1S/C10H16BrFN3O13P3/c11-3-10(4-25-30(21,22)28-31(23,24)27-29(18,19)20)7(16)6(12)8(26-10)15-2-1-5(13)14-9(15)17/h1-2,6-8,16H,3-4H2,(H,21,22)(H,23,24)(H2,13,14,17)(H2,18,19,20)/t6-,7-,8?,10+/m0/s1. The molecule has 1 aromatic heterocycles. The molecule has 0 spiro atoms. The quantitative estimate of drug-likeness (QED) is 0.160. The molecule has 21 heteroatoms. The van der Waals surface area contributed by atoms with Gasteiger partial charge in [0.15, 0.2) is 12.4 Å². The largest absolute Gasteiger partial charge is 0.490 e. The van der Waals surface area contributed by atoms with E-state index < -0.39 is 65.2 Å². The van der Waals surface area contributed by atoms with Crippen molar-refractivity contribution >= 4 is 45.2 Å². The number of anilines is 1. The van der Waals surface area contributed by atoms with Crippen molar-refractivity contribution in [2.45, 2.75) is 24.1 Å². The average molecular weight is 578 g/mol. The molecule has 1 aliphatic rings. The highest BCUT2D eigenvalue weighted by Gasteiger charge is 2.57. The topological polar surface area (TPSA) is 250 Å². The Morgan fingerprint density at radius 3 is 2.39 bits per heavy atom. The number of phosphoric ester groups is 1. The first-order chi connectivity index (χ1) is 14.0. The van der Waals surface area contributed by atoms with Crippen LogP contribution in [-0.2, 0) is 31.6 Å². The van der Waals surface area contributed by atoms with Gasteiger partial charge < -0.3 is 35.2 Å². The number of ether oxygens (including phenoxy) is 1. The van der Waals surface area contributed by atoms with Crippen LogP contribution in [0.25, 0.3) is 0 Å². The van der Waals surface area contributed by atoms with Crippen molar-refractivity contribution in [1.82, 2.24) is 9.55 Å². The van der Waals surface area contributed by atoms with Gasteiger partial charge in [-0.15, -0.1) is 0 Å². The zero-order chi connectivity index (χ0) is 23.8. The summed E-state index contributed by atoms with van der Waals surface area (Å²) in [5.74, 6) is -0.172. The molecule has 6 atom stereocenters. The van der Waals surface area contributed by atoms with E-state index in [1.54, 1.807) is 0 Å². The number of aromatic nitrogens is 2. The van der Waals surface area contributed by atoms with Crippen LogP contribution >= 0.6 is 39.4 Å². The first-order valence-electron chi connectivity index (χ1n) is 7.70. The lowest BCUT2D eigenvalue weighted by Gasteiger charge is -2.30. The number of hydrogen-bond acceptors (Lipinski definition) is 11. The Bertz CT molecular complexity index is 1020. The van der Waals surface area contributed by atoms with E-state index >= 15 is 0 Å². The fraction of sp³-hybridized carbons (Fsp3) is 0.600. The highest BCUT2D eigenvalue weighted by atomic mass is 79.9. The number of nitrogens with zero attached hydrogens (tertiary/aromatic N) is 2. The molecular weight excluding hydrogens is 562 g/mol. The van der Waals surface area contributed by atoms with E-state index in [0.717, 1.165) is 12.3 Å². The van der Waals surface area contributed by atoms with Crippen LogP contribution in [0.1, 0.15) is 6.23 Å². The van der Waals surface area contributed by atoms with Crippen LogP contribution in [-0.4, -0.2) is 64.0 Å². The Balaban J connectivity index is 2.20. The smallest absolute Gasteiger partial charge is 0.387 e. The molecule has 0 bridgehead atoms. The number of rotatable bonds is 9. The summed E-state index contributed by atoms with van der Waals surface area (Å²) in [6.07, 6.45) is -5.07. The summed E-state index contributed by atoms with van der Waals surface area (Å²) < 4.78 is 66.1. The normalized spacial score (nSPS) is 30.6. The number of halogens is 2. The van der Waals surface area contributed by atoms with Crippen molar-refractivity contribution in [2.24, 2.45) is 0 Å². The van der Waals surface area contributed by atoms with Crippen LogP contribution in [0.2, 0.25) is 0 Å². The Kier molecular flexibility index (Phi) is 8.04. The predicted molar refractivity (Wildman–Crippen MR) is 100 cm³/mol. The van der Waals surface area contributed by atoms with E-state index in [1.165, 1.54) is 0 Å². The van der Waals surface area contributed by atoms with Gasteiger partial charge in [-0.2, -0.15) is 13.6 Å². The molecule has 0 saturated carbocycles. The van der Waals surface area contributed by atoms with E-state index in [2.05, 4.69) is 34.1 Å². The molecule has 0 aromatic carbocycles. The first-order valence-corrected chi connectivity index (χ1v) is 13.3. The second kappa shape index (κ2) is 9.35. The minimum Gasteiger partial charge on any atom is -0.387 e. The van der Waals surface area contributed by atoms with Gasteiger partial charge in [0.25, 0.3) is 0 Å². The lowest BCUT2D eigenvalue weighted by Crippen LogP contribution is -2.47. The zero-order valence-corrected chi connectivity index (χ0v) is 19.1. The molecule has 0 amide bonds. The van der Waals surface area contributed by atoms with E-state index in [1.807, 2.05) is 0 Å². The van der Waals surface area contributed by atoms with Crippen molar-refractivity contribution < 1.29 is 60.6 Å². The number of hydrogen-bond donors (Lipinski definition) is 6. The molecule has 1 fully saturated rings. The maximum Gasteiger partial charge on any atom is 0.490 e. The van der Waals surface area contributed by atoms with Crippen molar-refractivity contribution in [3.05, 3.63) is 22.7 Å². The number of alkyl halides is 2. The van der Waals surface area contributed by atoms with Gasteiger partial charge in [0.1, 0.15) is 17.5 Å². The van der Waals surface area contributed by atoms with E-state index in [-0.39, 0.29) is 5.82 Å². The monoisotopic (exact) mass is 577 g/mol. The van der Waals surface area contributed by atoms with Crippen LogP contribution in [0, 0.1) is 0 Å². The first kappa shape index (κ1) is 26.7. The lowest BCUT2D eigenvalue weighted by atomic mass is 9.99. The average Bonchev–Trinajstić information content (AvgIpc) is 2.82. The highest BCUT2D eigenvalue weighted by Crippen LogP contribution is 2.66. The Hall–Kier alpha value is -0.580.